The maximum atomic E-state index is 12.6. The molecule has 1 N–H and O–H groups in total. The lowest BCUT2D eigenvalue weighted by Crippen LogP contribution is -2.39. The van der Waals surface area contributed by atoms with Gasteiger partial charge in [0.25, 0.3) is 5.56 Å². The van der Waals surface area contributed by atoms with Crippen molar-refractivity contribution in [2.24, 2.45) is 19.1 Å². The zero-order chi connectivity index (χ0) is 20.1. The second-order valence-corrected chi connectivity index (χ2v) is 6.35. The molecule has 0 aliphatic carbocycles. The minimum atomic E-state index is -0.722. The first kappa shape index (κ1) is 20.3. The van der Waals surface area contributed by atoms with Gasteiger partial charge in [-0.2, -0.15) is 0 Å². The van der Waals surface area contributed by atoms with Crippen LogP contribution in [0.15, 0.2) is 38.8 Å². The number of esters is 1. The SMILES string of the molecule is COC(=O)CSC(=Nc1ccc(OC)cc1)c1c(O)n(C)c(=O)n(C)c1=O. The largest absolute Gasteiger partial charge is 0.497 e. The number of thioether (sulfide) groups is 1. The van der Waals surface area contributed by atoms with Crippen LogP contribution in [0.25, 0.3) is 0 Å². The number of aromatic hydroxyl groups is 1. The van der Waals surface area contributed by atoms with Gasteiger partial charge in [-0.05, 0) is 24.3 Å². The van der Waals surface area contributed by atoms with Crippen LogP contribution >= 0.6 is 11.8 Å². The molecule has 0 unspecified atom stereocenters. The summed E-state index contributed by atoms with van der Waals surface area (Å²) < 4.78 is 11.5. The highest BCUT2D eigenvalue weighted by atomic mass is 32.2. The first-order valence-electron chi connectivity index (χ1n) is 7.71. The average molecular weight is 393 g/mol. The highest BCUT2D eigenvalue weighted by molar-refractivity contribution is 8.15. The van der Waals surface area contributed by atoms with E-state index in [-0.39, 0.29) is 16.4 Å². The van der Waals surface area contributed by atoms with Crippen molar-refractivity contribution in [2.45, 2.75) is 0 Å². The highest BCUT2D eigenvalue weighted by Gasteiger charge is 2.21. The number of methoxy groups -OCH3 is 2. The maximum Gasteiger partial charge on any atom is 0.333 e. The first-order valence-corrected chi connectivity index (χ1v) is 8.70. The van der Waals surface area contributed by atoms with Gasteiger partial charge in [0.1, 0.15) is 16.4 Å². The summed E-state index contributed by atoms with van der Waals surface area (Å²) in [7, 11) is 5.40. The molecule has 0 fully saturated rings. The van der Waals surface area contributed by atoms with E-state index in [9.17, 15) is 19.5 Å². The predicted molar refractivity (Wildman–Crippen MR) is 102 cm³/mol. The number of hydrogen-bond donors (Lipinski definition) is 1. The van der Waals surface area contributed by atoms with Gasteiger partial charge in [0.15, 0.2) is 0 Å². The van der Waals surface area contributed by atoms with Gasteiger partial charge >= 0.3 is 11.7 Å². The molecule has 0 saturated carbocycles. The second-order valence-electron chi connectivity index (χ2n) is 5.38. The fraction of sp³-hybridized carbons (Fsp3) is 0.294. The summed E-state index contributed by atoms with van der Waals surface area (Å²) in [6.45, 7) is 0. The molecule has 0 bridgehead atoms. The zero-order valence-electron chi connectivity index (χ0n) is 15.3. The van der Waals surface area contributed by atoms with Crippen LogP contribution in [-0.2, 0) is 23.6 Å². The third kappa shape index (κ3) is 4.40. The number of rotatable bonds is 5. The molecule has 27 heavy (non-hydrogen) atoms. The van der Waals surface area contributed by atoms with Crippen molar-refractivity contribution in [1.29, 1.82) is 0 Å². The van der Waals surface area contributed by atoms with Crippen LogP contribution in [0, 0.1) is 0 Å². The van der Waals surface area contributed by atoms with Crippen molar-refractivity contribution >= 4 is 28.5 Å². The molecule has 0 aliphatic rings. The van der Waals surface area contributed by atoms with Crippen LogP contribution in [0.2, 0.25) is 0 Å². The Morgan fingerprint density at radius 2 is 1.78 bits per heavy atom. The van der Waals surface area contributed by atoms with E-state index in [1.807, 2.05) is 0 Å². The van der Waals surface area contributed by atoms with Gasteiger partial charge < -0.3 is 14.6 Å². The Morgan fingerprint density at radius 3 is 2.33 bits per heavy atom. The van der Waals surface area contributed by atoms with Gasteiger partial charge in [0, 0.05) is 14.1 Å². The quantitative estimate of drug-likeness (QED) is 0.454. The van der Waals surface area contributed by atoms with Gasteiger partial charge in [0.05, 0.1) is 25.7 Å². The molecule has 1 heterocycles. The van der Waals surface area contributed by atoms with Crippen LogP contribution in [0.1, 0.15) is 5.56 Å². The number of benzene rings is 1. The smallest absolute Gasteiger partial charge is 0.333 e. The minimum absolute atomic E-state index is 0.0827. The van der Waals surface area contributed by atoms with Crippen molar-refractivity contribution in [3.05, 3.63) is 50.7 Å². The monoisotopic (exact) mass is 393 g/mol. The van der Waals surface area contributed by atoms with Crippen LogP contribution in [-0.4, -0.2) is 45.2 Å². The van der Waals surface area contributed by atoms with Gasteiger partial charge in [-0.25, -0.2) is 9.79 Å². The Labute approximate surface area is 158 Å². The van der Waals surface area contributed by atoms with Crippen molar-refractivity contribution in [3.8, 4) is 11.6 Å². The molecule has 0 atom stereocenters. The number of hydrogen-bond acceptors (Lipinski definition) is 8. The Hall–Kier alpha value is -3.01. The van der Waals surface area contributed by atoms with E-state index in [1.54, 1.807) is 24.3 Å². The predicted octanol–water partition coefficient (Wildman–Crippen LogP) is 0.783. The minimum Gasteiger partial charge on any atom is -0.497 e. The van der Waals surface area contributed by atoms with Crippen LogP contribution in [0.4, 0.5) is 5.69 Å². The molecule has 0 saturated heterocycles. The molecule has 0 radical (unpaired) electrons. The van der Waals surface area contributed by atoms with Crippen molar-refractivity contribution in [3.63, 3.8) is 0 Å². The maximum absolute atomic E-state index is 12.6. The number of nitrogens with zero attached hydrogens (tertiary/aromatic N) is 3. The number of ether oxygens (including phenoxy) is 2. The van der Waals surface area contributed by atoms with Gasteiger partial charge in [-0.15, -0.1) is 0 Å². The van der Waals surface area contributed by atoms with E-state index < -0.39 is 23.1 Å². The first-order chi connectivity index (χ1) is 12.8. The Bertz CT molecular complexity index is 991. The summed E-state index contributed by atoms with van der Waals surface area (Å²) in [5.74, 6) is -0.563. The van der Waals surface area contributed by atoms with E-state index in [0.29, 0.717) is 11.4 Å². The topological polar surface area (TPSA) is 112 Å². The van der Waals surface area contributed by atoms with Gasteiger partial charge in [0.2, 0.25) is 5.88 Å². The van der Waals surface area contributed by atoms with Crippen LogP contribution in [0.5, 0.6) is 11.6 Å². The van der Waals surface area contributed by atoms with E-state index in [2.05, 4.69) is 9.73 Å². The number of aromatic nitrogens is 2. The van der Waals surface area contributed by atoms with E-state index in [0.717, 1.165) is 20.9 Å². The molecule has 0 aliphatic heterocycles. The normalized spacial score (nSPS) is 11.3. The fourth-order valence-electron chi connectivity index (χ4n) is 2.14. The molecule has 0 spiro atoms. The lowest BCUT2D eigenvalue weighted by Gasteiger charge is -2.12. The molecule has 9 nitrogen and oxygen atoms in total. The van der Waals surface area contributed by atoms with Crippen LogP contribution < -0.4 is 16.0 Å². The molecule has 144 valence electrons. The van der Waals surface area contributed by atoms with Crippen molar-refractivity contribution < 1.29 is 19.4 Å². The molecule has 10 heteroatoms. The number of carbonyl (C=O) groups is 1. The molecule has 2 rings (SSSR count). The summed E-state index contributed by atoms with van der Waals surface area (Å²) in [5, 5.41) is 10.4. The van der Waals surface area contributed by atoms with E-state index in [1.165, 1.54) is 28.3 Å². The van der Waals surface area contributed by atoms with E-state index in [4.69, 9.17) is 4.74 Å². The highest BCUT2D eigenvalue weighted by Crippen LogP contribution is 2.24. The molecule has 1 aromatic carbocycles. The molecule has 2 aromatic rings. The molecule has 0 amide bonds. The van der Waals surface area contributed by atoms with Gasteiger partial charge in [-0.3, -0.25) is 18.7 Å². The lowest BCUT2D eigenvalue weighted by molar-refractivity contribution is -0.137. The molecular weight excluding hydrogens is 374 g/mol. The second kappa shape index (κ2) is 8.58. The Kier molecular flexibility index (Phi) is 6.45. The third-order valence-electron chi connectivity index (χ3n) is 3.71. The summed E-state index contributed by atoms with van der Waals surface area (Å²) >= 11 is 0.919. The number of carbonyl (C=O) groups excluding carboxylic acids is 1. The Balaban J connectivity index is 2.63. The lowest BCUT2D eigenvalue weighted by atomic mass is 10.3. The van der Waals surface area contributed by atoms with Crippen molar-refractivity contribution in [1.82, 2.24) is 9.13 Å². The summed E-state index contributed by atoms with van der Waals surface area (Å²) in [5.41, 5.74) is -1.11. The summed E-state index contributed by atoms with van der Waals surface area (Å²) in [4.78, 5) is 40.4. The summed E-state index contributed by atoms with van der Waals surface area (Å²) in [6.07, 6.45) is 0. The Morgan fingerprint density at radius 1 is 1.15 bits per heavy atom. The van der Waals surface area contributed by atoms with E-state index >= 15 is 0 Å². The van der Waals surface area contributed by atoms with Crippen molar-refractivity contribution in [2.75, 3.05) is 20.0 Å². The fourth-order valence-corrected chi connectivity index (χ4v) is 3.01. The average Bonchev–Trinajstić information content (AvgIpc) is 2.69. The standard InChI is InChI=1S/C17H19N3O6S/c1-19-15(22)13(16(23)20(2)17(19)24)14(27-9-12(21)26-4)18-10-5-7-11(25-3)8-6-10/h5-8,22H,9H2,1-4H3. The van der Waals surface area contributed by atoms with Crippen LogP contribution in [0.3, 0.4) is 0 Å². The summed E-state index contributed by atoms with van der Waals surface area (Å²) in [6, 6.07) is 6.67. The number of aliphatic imine (C=N–C) groups is 1. The zero-order valence-corrected chi connectivity index (χ0v) is 16.1. The third-order valence-corrected chi connectivity index (χ3v) is 4.65. The molecular formula is C17H19N3O6S. The van der Waals surface area contributed by atoms with Gasteiger partial charge in [-0.1, -0.05) is 11.8 Å². The molecule has 1 aromatic heterocycles.